The van der Waals surface area contributed by atoms with E-state index in [9.17, 15) is 9.59 Å². The van der Waals surface area contributed by atoms with Crippen molar-refractivity contribution in [2.45, 2.75) is 6.42 Å². The van der Waals surface area contributed by atoms with Gasteiger partial charge in [-0.1, -0.05) is 12.1 Å². The molecule has 0 fully saturated rings. The maximum atomic E-state index is 11.1. The Kier molecular flexibility index (Phi) is 4.47. The molecule has 0 heterocycles. The first-order valence-electron chi connectivity index (χ1n) is 4.65. The van der Waals surface area contributed by atoms with Gasteiger partial charge in [-0.25, -0.2) is 0 Å². The predicted octanol–water partition coefficient (Wildman–Crippen LogP) is 1.19. The second-order valence-corrected chi connectivity index (χ2v) is 3.06. The van der Waals surface area contributed by atoms with E-state index in [4.69, 9.17) is 4.84 Å². The highest BCUT2D eigenvalue weighted by molar-refractivity contribution is 5.88. The molecule has 1 rings (SSSR count). The lowest BCUT2D eigenvalue weighted by Gasteiger charge is -2.09. The highest BCUT2D eigenvalue weighted by Gasteiger charge is 2.11. The molecule has 86 valence electrons. The molecule has 0 spiro atoms. The zero-order valence-electron chi connectivity index (χ0n) is 9.15. The van der Waals surface area contributed by atoms with Crippen LogP contribution in [0.4, 0.5) is 5.69 Å². The molecule has 0 bridgehead atoms. The lowest BCUT2D eigenvalue weighted by Crippen LogP contribution is -2.09. The molecule has 0 aliphatic rings. The Morgan fingerprint density at radius 2 is 2.19 bits per heavy atom. The van der Waals surface area contributed by atoms with Crippen LogP contribution in [0.3, 0.4) is 0 Å². The van der Waals surface area contributed by atoms with Gasteiger partial charge in [-0.3, -0.25) is 19.9 Å². The zero-order valence-corrected chi connectivity index (χ0v) is 9.15. The summed E-state index contributed by atoms with van der Waals surface area (Å²) in [5.41, 5.74) is 4.10. The minimum Gasteiger partial charge on any atom is -0.469 e. The average Bonchev–Trinajstić information content (AvgIpc) is 2.29. The molecular formula is C11H13NO4. The molecule has 5 heteroatoms. The SMILES string of the molecule is CONc1cccc(CC(=O)OC)c1C=O. The fourth-order valence-corrected chi connectivity index (χ4v) is 1.33. The largest absolute Gasteiger partial charge is 0.469 e. The Bertz CT molecular complexity index is 390. The number of aldehydes is 1. The van der Waals surface area contributed by atoms with Gasteiger partial charge in [0.05, 0.1) is 26.3 Å². The Labute approximate surface area is 93.3 Å². The summed E-state index contributed by atoms with van der Waals surface area (Å²) >= 11 is 0. The van der Waals surface area contributed by atoms with E-state index in [-0.39, 0.29) is 6.42 Å². The van der Waals surface area contributed by atoms with E-state index in [0.29, 0.717) is 23.1 Å². The van der Waals surface area contributed by atoms with E-state index in [1.165, 1.54) is 14.2 Å². The third kappa shape index (κ3) is 2.80. The molecule has 0 radical (unpaired) electrons. The molecule has 0 aromatic heterocycles. The van der Waals surface area contributed by atoms with Crippen LogP contribution < -0.4 is 5.48 Å². The lowest BCUT2D eigenvalue weighted by molar-refractivity contribution is -0.139. The van der Waals surface area contributed by atoms with E-state index < -0.39 is 5.97 Å². The summed E-state index contributed by atoms with van der Waals surface area (Å²) in [5.74, 6) is -0.391. The molecule has 0 aliphatic carbocycles. The van der Waals surface area contributed by atoms with Crippen LogP contribution >= 0.6 is 0 Å². The number of hydrogen-bond donors (Lipinski definition) is 1. The second kappa shape index (κ2) is 5.87. The zero-order chi connectivity index (χ0) is 12.0. The maximum absolute atomic E-state index is 11.1. The Morgan fingerprint density at radius 3 is 2.75 bits per heavy atom. The molecule has 0 atom stereocenters. The summed E-state index contributed by atoms with van der Waals surface area (Å²) in [6, 6.07) is 5.11. The quantitative estimate of drug-likeness (QED) is 0.461. The molecule has 1 aromatic rings. The second-order valence-electron chi connectivity index (χ2n) is 3.06. The number of benzene rings is 1. The van der Waals surface area contributed by atoms with Crippen LogP contribution in [0.15, 0.2) is 18.2 Å². The first kappa shape index (κ1) is 12.2. The van der Waals surface area contributed by atoms with Crippen molar-refractivity contribution in [2.75, 3.05) is 19.7 Å². The number of hydrogen-bond acceptors (Lipinski definition) is 5. The summed E-state index contributed by atoms with van der Waals surface area (Å²) in [7, 11) is 2.75. The molecule has 1 N–H and O–H groups in total. The van der Waals surface area contributed by atoms with Gasteiger partial charge in [0.25, 0.3) is 0 Å². The van der Waals surface area contributed by atoms with Gasteiger partial charge in [-0.05, 0) is 11.6 Å². The summed E-state index contributed by atoms with van der Waals surface area (Å²) in [5, 5.41) is 0. The molecule has 0 saturated heterocycles. The predicted molar refractivity (Wildman–Crippen MR) is 58.2 cm³/mol. The van der Waals surface area contributed by atoms with Crippen molar-refractivity contribution >= 4 is 17.9 Å². The highest BCUT2D eigenvalue weighted by atomic mass is 16.6. The van der Waals surface area contributed by atoms with E-state index in [2.05, 4.69) is 10.2 Å². The number of methoxy groups -OCH3 is 1. The minimum absolute atomic E-state index is 0.0593. The number of rotatable bonds is 5. The monoisotopic (exact) mass is 223 g/mol. The summed E-state index contributed by atoms with van der Waals surface area (Å²) in [6.07, 6.45) is 0.740. The van der Waals surface area contributed by atoms with Crippen LogP contribution in [0.2, 0.25) is 0 Å². The number of nitrogens with one attached hydrogen (secondary N) is 1. The van der Waals surface area contributed by atoms with E-state index in [1.807, 2.05) is 0 Å². The smallest absolute Gasteiger partial charge is 0.310 e. The van der Waals surface area contributed by atoms with Gasteiger partial charge in [0.2, 0.25) is 0 Å². The topological polar surface area (TPSA) is 64.6 Å². The van der Waals surface area contributed by atoms with E-state index >= 15 is 0 Å². The van der Waals surface area contributed by atoms with Crippen molar-refractivity contribution in [1.29, 1.82) is 0 Å². The molecular weight excluding hydrogens is 210 g/mol. The first-order valence-corrected chi connectivity index (χ1v) is 4.65. The number of esters is 1. The maximum Gasteiger partial charge on any atom is 0.310 e. The third-order valence-corrected chi connectivity index (χ3v) is 2.09. The summed E-state index contributed by atoms with van der Waals surface area (Å²) < 4.78 is 4.55. The van der Waals surface area contributed by atoms with Crippen LogP contribution in [-0.4, -0.2) is 26.5 Å². The molecule has 5 nitrogen and oxygen atoms in total. The number of anilines is 1. The molecule has 0 saturated carbocycles. The van der Waals surface area contributed by atoms with Gasteiger partial charge >= 0.3 is 5.97 Å². The van der Waals surface area contributed by atoms with Crippen molar-refractivity contribution in [1.82, 2.24) is 0 Å². The minimum atomic E-state index is -0.391. The van der Waals surface area contributed by atoms with Crippen LogP contribution in [0.1, 0.15) is 15.9 Å². The Morgan fingerprint density at radius 1 is 1.44 bits per heavy atom. The molecule has 0 amide bonds. The highest BCUT2D eigenvalue weighted by Crippen LogP contribution is 2.18. The fraction of sp³-hybridized carbons (Fsp3) is 0.273. The van der Waals surface area contributed by atoms with Crippen molar-refractivity contribution in [3.63, 3.8) is 0 Å². The Hall–Kier alpha value is -1.88. The standard InChI is InChI=1S/C11H13NO4/c1-15-11(14)6-8-4-3-5-10(12-16-2)9(8)7-13/h3-5,7,12H,6H2,1-2H3. The van der Waals surface area contributed by atoms with E-state index in [1.54, 1.807) is 18.2 Å². The van der Waals surface area contributed by atoms with Gasteiger partial charge in [0.1, 0.15) is 0 Å². The fourth-order valence-electron chi connectivity index (χ4n) is 1.33. The molecule has 0 unspecified atom stereocenters. The molecule has 16 heavy (non-hydrogen) atoms. The molecule has 1 aromatic carbocycles. The summed E-state index contributed by atoms with van der Waals surface area (Å²) in [6.45, 7) is 0. The average molecular weight is 223 g/mol. The van der Waals surface area contributed by atoms with Crippen molar-refractivity contribution in [2.24, 2.45) is 0 Å². The van der Waals surface area contributed by atoms with Gasteiger partial charge in [-0.2, -0.15) is 0 Å². The van der Waals surface area contributed by atoms with Gasteiger partial charge in [-0.15, -0.1) is 0 Å². The normalized spacial score (nSPS) is 9.62. The van der Waals surface area contributed by atoms with Crippen LogP contribution in [0.5, 0.6) is 0 Å². The Balaban J connectivity index is 3.03. The number of carbonyl (C=O) groups is 2. The van der Waals surface area contributed by atoms with Crippen molar-refractivity contribution < 1.29 is 19.2 Å². The van der Waals surface area contributed by atoms with Crippen molar-refractivity contribution in [3.8, 4) is 0 Å². The third-order valence-electron chi connectivity index (χ3n) is 2.09. The summed E-state index contributed by atoms with van der Waals surface area (Å²) in [4.78, 5) is 26.8. The number of ether oxygens (including phenoxy) is 1. The van der Waals surface area contributed by atoms with Crippen molar-refractivity contribution in [3.05, 3.63) is 29.3 Å². The van der Waals surface area contributed by atoms with Gasteiger partial charge in [0.15, 0.2) is 6.29 Å². The van der Waals surface area contributed by atoms with Crippen LogP contribution in [0, 0.1) is 0 Å². The number of carbonyl (C=O) groups excluding carboxylic acids is 2. The van der Waals surface area contributed by atoms with Gasteiger partial charge < -0.3 is 4.74 Å². The van der Waals surface area contributed by atoms with Crippen LogP contribution in [0.25, 0.3) is 0 Å². The first-order chi connectivity index (χ1) is 7.72. The lowest BCUT2D eigenvalue weighted by atomic mass is 10.0. The van der Waals surface area contributed by atoms with Gasteiger partial charge in [0, 0.05) is 5.56 Å². The molecule has 0 aliphatic heterocycles. The van der Waals surface area contributed by atoms with Crippen LogP contribution in [-0.2, 0) is 20.8 Å². The van der Waals surface area contributed by atoms with E-state index in [0.717, 1.165) is 0 Å².